The van der Waals surface area contributed by atoms with Crippen LogP contribution in [0.2, 0.25) is 0 Å². The number of nitrogens with one attached hydrogen (secondary N) is 1. The van der Waals surface area contributed by atoms with Crippen molar-refractivity contribution in [3.8, 4) is 0 Å². The third kappa shape index (κ3) is 1.96. The number of hydrogen-bond donors (Lipinski definition) is 1. The number of nitrogens with zero attached hydrogens (tertiary/aromatic N) is 2. The highest BCUT2D eigenvalue weighted by Gasteiger charge is 2.28. The lowest BCUT2D eigenvalue weighted by Crippen LogP contribution is -2.26. The van der Waals surface area contributed by atoms with Crippen LogP contribution in [-0.4, -0.2) is 22.6 Å². The van der Waals surface area contributed by atoms with Crippen molar-refractivity contribution in [1.82, 2.24) is 14.9 Å². The average molecular weight is 255 g/mol. The van der Waals surface area contributed by atoms with Gasteiger partial charge in [0.15, 0.2) is 0 Å². The van der Waals surface area contributed by atoms with E-state index in [0.717, 1.165) is 24.9 Å². The highest BCUT2D eigenvalue weighted by atomic mass is 15.1. The second-order valence-electron chi connectivity index (χ2n) is 6.08. The summed E-state index contributed by atoms with van der Waals surface area (Å²) in [6, 6.07) is 6.92. The van der Waals surface area contributed by atoms with E-state index in [1.807, 2.05) is 0 Å². The van der Waals surface area contributed by atoms with E-state index in [2.05, 4.69) is 35.1 Å². The van der Waals surface area contributed by atoms with Gasteiger partial charge in [-0.15, -0.1) is 0 Å². The second-order valence-corrected chi connectivity index (χ2v) is 6.08. The smallest absolute Gasteiger partial charge is 0.112 e. The van der Waals surface area contributed by atoms with Crippen LogP contribution in [0.3, 0.4) is 0 Å². The molecule has 0 atom stereocenters. The molecule has 1 saturated heterocycles. The predicted octanol–water partition coefficient (Wildman–Crippen LogP) is 2.92. The monoisotopic (exact) mass is 255 g/mol. The summed E-state index contributed by atoms with van der Waals surface area (Å²) in [6.07, 6.45) is 5.15. The van der Waals surface area contributed by atoms with Gasteiger partial charge >= 0.3 is 0 Å². The van der Waals surface area contributed by atoms with E-state index in [4.69, 9.17) is 4.98 Å². The lowest BCUT2D eigenvalue weighted by molar-refractivity contribution is 0.460. The van der Waals surface area contributed by atoms with Crippen molar-refractivity contribution >= 4 is 11.0 Å². The summed E-state index contributed by atoms with van der Waals surface area (Å²) >= 11 is 0. The quantitative estimate of drug-likeness (QED) is 0.894. The number of fused-ring (bicyclic) bond motifs is 1. The SMILES string of the molecule is Cn1c(C2CC2)nc2cc(C3CCNCC3)ccc21. The van der Waals surface area contributed by atoms with Crippen molar-refractivity contribution in [2.45, 2.75) is 37.5 Å². The summed E-state index contributed by atoms with van der Waals surface area (Å²) in [6.45, 7) is 2.30. The van der Waals surface area contributed by atoms with Crippen molar-refractivity contribution in [2.75, 3.05) is 13.1 Å². The molecular weight excluding hydrogens is 234 g/mol. The first-order valence-electron chi connectivity index (χ1n) is 7.50. The fourth-order valence-corrected chi connectivity index (χ4v) is 3.35. The topological polar surface area (TPSA) is 29.9 Å². The Labute approximate surface area is 114 Å². The molecule has 1 aliphatic heterocycles. The van der Waals surface area contributed by atoms with E-state index in [9.17, 15) is 0 Å². The third-order valence-corrected chi connectivity index (χ3v) is 4.69. The summed E-state index contributed by atoms with van der Waals surface area (Å²) in [5.74, 6) is 2.73. The first-order chi connectivity index (χ1) is 9.33. The summed E-state index contributed by atoms with van der Waals surface area (Å²) in [4.78, 5) is 4.88. The maximum atomic E-state index is 4.88. The molecule has 2 fully saturated rings. The Balaban J connectivity index is 1.74. The molecule has 1 aromatic carbocycles. The zero-order chi connectivity index (χ0) is 12.8. The first-order valence-corrected chi connectivity index (χ1v) is 7.50. The van der Waals surface area contributed by atoms with Crippen molar-refractivity contribution in [2.24, 2.45) is 7.05 Å². The Bertz CT molecular complexity index is 604. The number of hydrogen-bond acceptors (Lipinski definition) is 2. The highest BCUT2D eigenvalue weighted by Crippen LogP contribution is 2.40. The number of aryl methyl sites for hydroxylation is 1. The zero-order valence-corrected chi connectivity index (χ0v) is 11.5. The van der Waals surface area contributed by atoms with Crippen molar-refractivity contribution in [3.63, 3.8) is 0 Å². The van der Waals surface area contributed by atoms with Crippen LogP contribution in [0.5, 0.6) is 0 Å². The summed E-state index contributed by atoms with van der Waals surface area (Å²) in [7, 11) is 2.16. The minimum atomic E-state index is 0.719. The predicted molar refractivity (Wildman–Crippen MR) is 77.5 cm³/mol. The largest absolute Gasteiger partial charge is 0.331 e. The molecular formula is C16H21N3. The van der Waals surface area contributed by atoms with E-state index in [1.165, 1.54) is 48.1 Å². The van der Waals surface area contributed by atoms with Crippen LogP contribution in [-0.2, 0) is 7.05 Å². The van der Waals surface area contributed by atoms with Gasteiger partial charge in [-0.1, -0.05) is 6.07 Å². The Morgan fingerprint density at radius 3 is 2.63 bits per heavy atom. The molecule has 100 valence electrons. The molecule has 0 radical (unpaired) electrons. The van der Waals surface area contributed by atoms with E-state index in [0.29, 0.717) is 0 Å². The van der Waals surface area contributed by atoms with Crippen LogP contribution in [0.15, 0.2) is 18.2 Å². The third-order valence-electron chi connectivity index (χ3n) is 4.69. The molecule has 2 heterocycles. The molecule has 1 saturated carbocycles. The molecule has 1 aromatic heterocycles. The van der Waals surface area contributed by atoms with Crippen LogP contribution in [0, 0.1) is 0 Å². The van der Waals surface area contributed by atoms with Gasteiger partial charge in [-0.05, 0) is 62.4 Å². The molecule has 0 unspecified atom stereocenters. The molecule has 3 heteroatoms. The summed E-state index contributed by atoms with van der Waals surface area (Å²) < 4.78 is 2.29. The Hall–Kier alpha value is -1.35. The van der Waals surface area contributed by atoms with E-state index in [1.54, 1.807) is 0 Å². The van der Waals surface area contributed by atoms with Gasteiger partial charge in [-0.2, -0.15) is 0 Å². The fraction of sp³-hybridized carbons (Fsp3) is 0.562. The lowest BCUT2D eigenvalue weighted by Gasteiger charge is -2.22. The molecule has 2 aromatic rings. The molecule has 0 bridgehead atoms. The highest BCUT2D eigenvalue weighted by molar-refractivity contribution is 5.77. The van der Waals surface area contributed by atoms with Gasteiger partial charge in [-0.25, -0.2) is 4.98 Å². The number of rotatable bonds is 2. The Morgan fingerprint density at radius 2 is 1.89 bits per heavy atom. The van der Waals surface area contributed by atoms with Crippen LogP contribution in [0.25, 0.3) is 11.0 Å². The van der Waals surface area contributed by atoms with Gasteiger partial charge in [0, 0.05) is 13.0 Å². The first kappa shape index (κ1) is 11.5. The maximum Gasteiger partial charge on any atom is 0.112 e. The minimum Gasteiger partial charge on any atom is -0.331 e. The Morgan fingerprint density at radius 1 is 1.11 bits per heavy atom. The zero-order valence-electron chi connectivity index (χ0n) is 11.5. The number of benzene rings is 1. The molecule has 4 rings (SSSR count). The maximum absolute atomic E-state index is 4.88. The van der Waals surface area contributed by atoms with Crippen LogP contribution in [0.1, 0.15) is 48.9 Å². The molecule has 1 N–H and O–H groups in total. The number of piperidine rings is 1. The molecule has 2 aliphatic rings. The van der Waals surface area contributed by atoms with Gasteiger partial charge in [0.1, 0.15) is 5.82 Å². The van der Waals surface area contributed by atoms with Crippen molar-refractivity contribution in [1.29, 1.82) is 0 Å². The average Bonchev–Trinajstić information content (AvgIpc) is 3.25. The molecule has 0 spiro atoms. The Kier molecular flexibility index (Phi) is 2.62. The molecule has 1 aliphatic carbocycles. The molecule has 0 amide bonds. The van der Waals surface area contributed by atoms with E-state index in [-0.39, 0.29) is 0 Å². The normalized spacial score (nSPS) is 21.1. The standard InChI is InChI=1S/C16H21N3/c1-19-15-5-4-13(11-6-8-17-9-7-11)10-14(15)18-16(19)12-2-3-12/h4-5,10-12,17H,2-3,6-9H2,1H3. The van der Waals surface area contributed by atoms with E-state index >= 15 is 0 Å². The van der Waals surface area contributed by atoms with Crippen LogP contribution < -0.4 is 5.32 Å². The van der Waals surface area contributed by atoms with Gasteiger partial charge in [-0.3, -0.25) is 0 Å². The van der Waals surface area contributed by atoms with Crippen molar-refractivity contribution in [3.05, 3.63) is 29.6 Å². The lowest BCUT2D eigenvalue weighted by atomic mass is 9.90. The summed E-state index contributed by atoms with van der Waals surface area (Å²) in [5, 5.41) is 3.44. The second kappa shape index (κ2) is 4.34. The van der Waals surface area contributed by atoms with Gasteiger partial charge in [0.05, 0.1) is 11.0 Å². The van der Waals surface area contributed by atoms with Gasteiger partial charge < -0.3 is 9.88 Å². The minimum absolute atomic E-state index is 0.719. The van der Waals surface area contributed by atoms with Crippen LogP contribution in [0.4, 0.5) is 0 Å². The van der Waals surface area contributed by atoms with E-state index < -0.39 is 0 Å². The van der Waals surface area contributed by atoms with Crippen molar-refractivity contribution < 1.29 is 0 Å². The van der Waals surface area contributed by atoms with Gasteiger partial charge in [0.25, 0.3) is 0 Å². The number of aromatic nitrogens is 2. The molecule has 3 nitrogen and oxygen atoms in total. The van der Waals surface area contributed by atoms with Gasteiger partial charge in [0.2, 0.25) is 0 Å². The summed E-state index contributed by atoms with van der Waals surface area (Å²) in [5.41, 5.74) is 3.97. The fourth-order valence-electron chi connectivity index (χ4n) is 3.35. The van der Waals surface area contributed by atoms with Crippen LogP contribution >= 0.6 is 0 Å². The molecule has 19 heavy (non-hydrogen) atoms. The number of imidazole rings is 1.